The van der Waals surface area contributed by atoms with Gasteiger partial charge in [0.1, 0.15) is 0 Å². The minimum Gasteiger partial charge on any atom is -0.382 e. The summed E-state index contributed by atoms with van der Waals surface area (Å²) < 4.78 is 1.70. The first-order valence-corrected chi connectivity index (χ1v) is 6.72. The third-order valence-corrected chi connectivity index (χ3v) is 3.02. The minimum absolute atomic E-state index is 0.00944. The van der Waals surface area contributed by atoms with Gasteiger partial charge in [0.25, 0.3) is 5.69 Å². The maximum absolute atomic E-state index is 10.6. The molecule has 8 nitrogen and oxygen atoms in total. The van der Waals surface area contributed by atoms with Crippen molar-refractivity contribution in [3.63, 3.8) is 0 Å². The highest BCUT2D eigenvalue weighted by Crippen LogP contribution is 2.32. The van der Waals surface area contributed by atoms with Crippen molar-refractivity contribution in [3.8, 4) is 0 Å². The van der Waals surface area contributed by atoms with Crippen molar-refractivity contribution in [2.75, 3.05) is 5.73 Å². The highest BCUT2D eigenvalue weighted by Gasteiger charge is 2.21. The number of nitrogens with two attached hydrogens (primary N) is 1. The van der Waals surface area contributed by atoms with Crippen LogP contribution in [-0.2, 0) is 5.54 Å². The number of non-ortho nitro benzene ring substituents is 1. The van der Waals surface area contributed by atoms with Crippen LogP contribution in [0.5, 0.6) is 0 Å². The first-order valence-electron chi connectivity index (χ1n) is 6.72. The molecule has 1 heterocycles. The number of aromatic nitrogens is 2. The Labute approximate surface area is 127 Å². The number of hydrogen-bond donors (Lipinski definition) is 1. The summed E-state index contributed by atoms with van der Waals surface area (Å²) in [6, 6.07) is 5.81. The van der Waals surface area contributed by atoms with Gasteiger partial charge in [0, 0.05) is 12.1 Å². The average Bonchev–Trinajstić information content (AvgIpc) is 2.72. The van der Waals surface area contributed by atoms with Gasteiger partial charge in [-0.25, -0.2) is 4.68 Å². The first kappa shape index (κ1) is 15.6. The Morgan fingerprint density at radius 1 is 1.23 bits per heavy atom. The number of benzene rings is 1. The number of aryl methyl sites for hydroxylation is 1. The van der Waals surface area contributed by atoms with Crippen molar-refractivity contribution in [2.45, 2.75) is 33.2 Å². The molecule has 22 heavy (non-hydrogen) atoms. The van der Waals surface area contributed by atoms with E-state index in [2.05, 4.69) is 15.3 Å². The molecule has 0 saturated heterocycles. The summed E-state index contributed by atoms with van der Waals surface area (Å²) in [5.41, 5.74) is 7.52. The average molecular weight is 302 g/mol. The quantitative estimate of drug-likeness (QED) is 0.527. The lowest BCUT2D eigenvalue weighted by Crippen LogP contribution is -2.24. The van der Waals surface area contributed by atoms with E-state index in [4.69, 9.17) is 5.73 Å². The topological polar surface area (TPSA) is 112 Å². The number of nitro groups is 1. The van der Waals surface area contributed by atoms with E-state index >= 15 is 0 Å². The lowest BCUT2D eigenvalue weighted by molar-refractivity contribution is -0.384. The van der Waals surface area contributed by atoms with Crippen LogP contribution in [0.2, 0.25) is 0 Å². The second-order valence-electron chi connectivity index (χ2n) is 5.88. The van der Waals surface area contributed by atoms with E-state index in [0.29, 0.717) is 22.9 Å². The molecule has 2 aromatic rings. The van der Waals surface area contributed by atoms with Crippen LogP contribution >= 0.6 is 0 Å². The van der Waals surface area contributed by atoms with Gasteiger partial charge in [0.2, 0.25) is 0 Å². The van der Waals surface area contributed by atoms with E-state index in [1.807, 2.05) is 27.7 Å². The van der Waals surface area contributed by atoms with Crippen LogP contribution in [0.4, 0.5) is 22.9 Å². The van der Waals surface area contributed by atoms with Crippen molar-refractivity contribution in [1.82, 2.24) is 9.78 Å². The fourth-order valence-corrected chi connectivity index (χ4v) is 1.92. The Bertz CT molecular complexity index is 725. The molecular weight excluding hydrogens is 284 g/mol. The molecule has 0 radical (unpaired) electrons. The highest BCUT2D eigenvalue weighted by molar-refractivity contribution is 5.61. The molecule has 0 fully saturated rings. The molecule has 2 rings (SSSR count). The summed E-state index contributed by atoms with van der Waals surface area (Å²) in [7, 11) is 0. The van der Waals surface area contributed by atoms with E-state index in [1.54, 1.807) is 4.68 Å². The molecule has 0 bridgehead atoms. The number of rotatable bonds is 3. The molecule has 0 spiro atoms. The molecule has 0 amide bonds. The molecule has 1 aromatic heterocycles. The molecule has 116 valence electrons. The zero-order chi connectivity index (χ0) is 16.5. The summed E-state index contributed by atoms with van der Waals surface area (Å²) in [5.74, 6) is 0.440. The van der Waals surface area contributed by atoms with Crippen LogP contribution in [0.25, 0.3) is 0 Å². The van der Waals surface area contributed by atoms with Gasteiger partial charge in [0.15, 0.2) is 11.5 Å². The summed E-state index contributed by atoms with van der Waals surface area (Å²) in [6.07, 6.45) is 0. The van der Waals surface area contributed by atoms with Gasteiger partial charge < -0.3 is 5.73 Å². The summed E-state index contributed by atoms with van der Waals surface area (Å²) >= 11 is 0. The van der Waals surface area contributed by atoms with E-state index in [1.165, 1.54) is 24.3 Å². The van der Waals surface area contributed by atoms with Gasteiger partial charge >= 0.3 is 0 Å². The van der Waals surface area contributed by atoms with Crippen LogP contribution in [-0.4, -0.2) is 14.7 Å². The molecule has 0 aliphatic heterocycles. The van der Waals surface area contributed by atoms with Gasteiger partial charge in [-0.1, -0.05) is 0 Å². The van der Waals surface area contributed by atoms with E-state index < -0.39 is 4.92 Å². The maximum atomic E-state index is 10.6. The number of nitrogen functional groups attached to an aromatic ring is 1. The SMILES string of the molecule is Cc1nn(C(C)(C)C)c(N)c1N=Nc1ccc([N+](=O)[O-])cc1. The summed E-state index contributed by atoms with van der Waals surface area (Å²) in [5, 5.41) is 23.2. The molecule has 2 N–H and O–H groups in total. The number of hydrogen-bond acceptors (Lipinski definition) is 6. The predicted octanol–water partition coefficient (Wildman–Crippen LogP) is 3.85. The zero-order valence-electron chi connectivity index (χ0n) is 12.9. The fraction of sp³-hybridized carbons (Fsp3) is 0.357. The molecular formula is C14H18N6O2. The summed E-state index contributed by atoms with van der Waals surface area (Å²) in [4.78, 5) is 10.1. The van der Waals surface area contributed by atoms with Gasteiger partial charge in [-0.3, -0.25) is 10.1 Å². The smallest absolute Gasteiger partial charge is 0.269 e. The maximum Gasteiger partial charge on any atom is 0.269 e. The van der Waals surface area contributed by atoms with Crippen molar-refractivity contribution >= 4 is 22.9 Å². The Kier molecular flexibility index (Phi) is 3.94. The number of azo groups is 1. The number of nitro benzene ring substituents is 1. The molecule has 0 aliphatic carbocycles. The van der Waals surface area contributed by atoms with E-state index in [9.17, 15) is 10.1 Å². The fourth-order valence-electron chi connectivity index (χ4n) is 1.92. The standard InChI is InChI=1S/C14H18N6O2/c1-9-12(13(15)19(18-9)14(2,3)4)17-16-10-5-7-11(8-6-10)20(21)22/h5-8H,15H2,1-4H3. The summed E-state index contributed by atoms with van der Waals surface area (Å²) in [6.45, 7) is 7.79. The Morgan fingerprint density at radius 2 is 1.82 bits per heavy atom. The van der Waals surface area contributed by atoms with Gasteiger partial charge in [0.05, 0.1) is 21.8 Å². The Hall–Kier alpha value is -2.77. The molecule has 8 heteroatoms. The highest BCUT2D eigenvalue weighted by atomic mass is 16.6. The van der Waals surface area contributed by atoms with Crippen LogP contribution in [0.3, 0.4) is 0 Å². The largest absolute Gasteiger partial charge is 0.382 e. The first-order chi connectivity index (χ1) is 10.2. The Balaban J connectivity index is 2.31. The third kappa shape index (κ3) is 3.11. The van der Waals surface area contributed by atoms with Crippen LogP contribution in [0.15, 0.2) is 34.5 Å². The van der Waals surface area contributed by atoms with Gasteiger partial charge in [-0.15, -0.1) is 5.11 Å². The number of nitrogens with zero attached hydrogens (tertiary/aromatic N) is 5. The van der Waals surface area contributed by atoms with Crippen LogP contribution < -0.4 is 5.73 Å². The lowest BCUT2D eigenvalue weighted by atomic mass is 10.1. The second-order valence-corrected chi connectivity index (χ2v) is 5.88. The molecule has 0 aliphatic rings. The Morgan fingerprint density at radius 3 is 2.27 bits per heavy atom. The predicted molar refractivity (Wildman–Crippen MR) is 83.6 cm³/mol. The van der Waals surface area contributed by atoms with E-state index in [-0.39, 0.29) is 11.2 Å². The lowest BCUT2D eigenvalue weighted by Gasteiger charge is -2.20. The van der Waals surface area contributed by atoms with E-state index in [0.717, 1.165) is 0 Å². The molecule has 0 unspecified atom stereocenters. The van der Waals surface area contributed by atoms with Gasteiger partial charge in [-0.05, 0) is 39.8 Å². The van der Waals surface area contributed by atoms with Crippen LogP contribution in [0, 0.1) is 17.0 Å². The van der Waals surface area contributed by atoms with Gasteiger partial charge in [-0.2, -0.15) is 10.2 Å². The normalized spacial score (nSPS) is 12.0. The van der Waals surface area contributed by atoms with Crippen molar-refractivity contribution < 1.29 is 4.92 Å². The minimum atomic E-state index is -0.462. The third-order valence-electron chi connectivity index (χ3n) is 3.02. The second kappa shape index (κ2) is 5.55. The zero-order valence-corrected chi connectivity index (χ0v) is 12.9. The molecule has 1 aromatic carbocycles. The van der Waals surface area contributed by atoms with Crippen LogP contribution in [0.1, 0.15) is 26.5 Å². The molecule has 0 atom stereocenters. The van der Waals surface area contributed by atoms with Crippen molar-refractivity contribution in [2.24, 2.45) is 10.2 Å². The monoisotopic (exact) mass is 302 g/mol. The number of anilines is 1. The molecule has 0 saturated carbocycles. The van der Waals surface area contributed by atoms with Crippen molar-refractivity contribution in [1.29, 1.82) is 0 Å². The van der Waals surface area contributed by atoms with Crippen molar-refractivity contribution in [3.05, 3.63) is 40.1 Å².